The molecule has 1 aromatic heterocycles. The molecule has 4 rings (SSSR count). The molecular formula is C21H29N3O. The van der Waals surface area contributed by atoms with Crippen LogP contribution in [0.15, 0.2) is 30.5 Å². The summed E-state index contributed by atoms with van der Waals surface area (Å²) >= 11 is 0. The Hall–Kier alpha value is -1.81. The van der Waals surface area contributed by atoms with Crippen molar-refractivity contribution in [3.8, 4) is 0 Å². The Balaban J connectivity index is 1.47. The van der Waals surface area contributed by atoms with Gasteiger partial charge in [0.25, 0.3) is 5.91 Å². The van der Waals surface area contributed by atoms with Crippen molar-refractivity contribution in [3.63, 3.8) is 0 Å². The van der Waals surface area contributed by atoms with Crippen molar-refractivity contribution >= 4 is 16.8 Å². The molecule has 2 saturated heterocycles. The van der Waals surface area contributed by atoms with Crippen LogP contribution >= 0.6 is 0 Å². The first-order valence-electron chi connectivity index (χ1n) is 9.68. The SMILES string of the molecule is CN(CC1CCCN2CCCCC12)C(=O)c1ccc2c(ccn2C)c1. The van der Waals surface area contributed by atoms with Crippen molar-refractivity contribution in [1.29, 1.82) is 0 Å². The number of carbonyl (C=O) groups excluding carboxylic acids is 1. The molecule has 0 spiro atoms. The fraction of sp³-hybridized carbons (Fsp3) is 0.571. The van der Waals surface area contributed by atoms with Crippen molar-refractivity contribution in [2.24, 2.45) is 13.0 Å². The molecule has 4 heteroatoms. The lowest BCUT2D eigenvalue weighted by Gasteiger charge is -2.45. The van der Waals surface area contributed by atoms with E-state index < -0.39 is 0 Å². The average molecular weight is 339 g/mol. The van der Waals surface area contributed by atoms with Crippen LogP contribution in [0.3, 0.4) is 0 Å². The molecule has 2 aliphatic rings. The molecule has 1 amide bonds. The summed E-state index contributed by atoms with van der Waals surface area (Å²) in [5, 5.41) is 1.14. The van der Waals surface area contributed by atoms with E-state index in [-0.39, 0.29) is 5.91 Å². The highest BCUT2D eigenvalue weighted by molar-refractivity contribution is 5.98. The number of nitrogens with zero attached hydrogens (tertiary/aromatic N) is 3. The minimum absolute atomic E-state index is 0.152. The summed E-state index contributed by atoms with van der Waals surface area (Å²) < 4.78 is 2.09. The van der Waals surface area contributed by atoms with Gasteiger partial charge in [-0.1, -0.05) is 6.42 Å². The van der Waals surface area contributed by atoms with Gasteiger partial charge in [0, 0.05) is 49.3 Å². The Morgan fingerprint density at radius 2 is 2.00 bits per heavy atom. The lowest BCUT2D eigenvalue weighted by molar-refractivity contribution is 0.0403. The van der Waals surface area contributed by atoms with E-state index in [0.717, 1.165) is 17.5 Å². The number of amides is 1. The summed E-state index contributed by atoms with van der Waals surface area (Å²) in [4.78, 5) is 17.6. The second-order valence-electron chi connectivity index (χ2n) is 7.89. The number of fused-ring (bicyclic) bond motifs is 2. The number of aromatic nitrogens is 1. The van der Waals surface area contributed by atoms with E-state index in [4.69, 9.17) is 0 Å². The molecule has 2 fully saturated rings. The molecule has 0 aliphatic carbocycles. The third-order valence-electron chi connectivity index (χ3n) is 6.22. The molecule has 2 aromatic rings. The van der Waals surface area contributed by atoms with E-state index in [0.29, 0.717) is 12.0 Å². The molecular weight excluding hydrogens is 310 g/mol. The monoisotopic (exact) mass is 339 g/mol. The van der Waals surface area contributed by atoms with E-state index in [1.165, 1.54) is 50.7 Å². The summed E-state index contributed by atoms with van der Waals surface area (Å²) in [7, 11) is 4.01. The summed E-state index contributed by atoms with van der Waals surface area (Å²) in [5.41, 5.74) is 1.97. The van der Waals surface area contributed by atoms with Gasteiger partial charge < -0.3 is 14.4 Å². The number of aryl methyl sites for hydroxylation is 1. The molecule has 25 heavy (non-hydrogen) atoms. The van der Waals surface area contributed by atoms with Gasteiger partial charge in [-0.3, -0.25) is 4.79 Å². The van der Waals surface area contributed by atoms with Crippen LogP contribution in [0.4, 0.5) is 0 Å². The maximum absolute atomic E-state index is 12.9. The molecule has 0 saturated carbocycles. The third-order valence-corrected chi connectivity index (χ3v) is 6.22. The van der Waals surface area contributed by atoms with Gasteiger partial charge in [-0.2, -0.15) is 0 Å². The Morgan fingerprint density at radius 1 is 1.16 bits per heavy atom. The van der Waals surface area contributed by atoms with Crippen LogP contribution in [0.25, 0.3) is 10.9 Å². The molecule has 0 bridgehead atoms. The highest BCUT2D eigenvalue weighted by Gasteiger charge is 2.34. The van der Waals surface area contributed by atoms with Crippen molar-refractivity contribution in [3.05, 3.63) is 36.0 Å². The van der Waals surface area contributed by atoms with Gasteiger partial charge in [0.15, 0.2) is 0 Å². The van der Waals surface area contributed by atoms with Crippen LogP contribution in [0.2, 0.25) is 0 Å². The molecule has 2 atom stereocenters. The molecule has 2 aliphatic heterocycles. The summed E-state index contributed by atoms with van der Waals surface area (Å²) in [6.45, 7) is 3.39. The number of piperidine rings is 2. The molecule has 3 heterocycles. The zero-order valence-electron chi connectivity index (χ0n) is 15.4. The van der Waals surface area contributed by atoms with Crippen LogP contribution in [-0.2, 0) is 7.05 Å². The fourth-order valence-corrected chi connectivity index (χ4v) is 4.86. The average Bonchev–Trinajstić information content (AvgIpc) is 3.02. The van der Waals surface area contributed by atoms with Gasteiger partial charge >= 0.3 is 0 Å². The number of benzene rings is 1. The van der Waals surface area contributed by atoms with Crippen molar-refractivity contribution < 1.29 is 4.79 Å². The second-order valence-corrected chi connectivity index (χ2v) is 7.89. The summed E-state index contributed by atoms with van der Waals surface area (Å²) in [6, 6.07) is 8.82. The van der Waals surface area contributed by atoms with E-state index in [1.807, 2.05) is 37.3 Å². The molecule has 1 aromatic carbocycles. The van der Waals surface area contributed by atoms with Gasteiger partial charge in [0.05, 0.1) is 0 Å². The van der Waals surface area contributed by atoms with E-state index in [2.05, 4.69) is 21.6 Å². The van der Waals surface area contributed by atoms with E-state index >= 15 is 0 Å². The maximum atomic E-state index is 12.9. The lowest BCUT2D eigenvalue weighted by atomic mass is 9.83. The van der Waals surface area contributed by atoms with Gasteiger partial charge in [0.2, 0.25) is 0 Å². The Bertz CT molecular complexity index is 764. The summed E-state index contributed by atoms with van der Waals surface area (Å²) in [5.74, 6) is 0.780. The van der Waals surface area contributed by atoms with Crippen molar-refractivity contribution in [1.82, 2.24) is 14.4 Å². The molecule has 134 valence electrons. The first-order chi connectivity index (χ1) is 12.1. The quantitative estimate of drug-likeness (QED) is 0.856. The summed E-state index contributed by atoms with van der Waals surface area (Å²) in [6.07, 6.45) is 8.58. The Kier molecular flexibility index (Phi) is 4.55. The van der Waals surface area contributed by atoms with Crippen LogP contribution in [0, 0.1) is 5.92 Å². The second kappa shape index (κ2) is 6.83. The molecule has 0 radical (unpaired) electrons. The van der Waals surface area contributed by atoms with Crippen LogP contribution in [0.5, 0.6) is 0 Å². The van der Waals surface area contributed by atoms with Gasteiger partial charge in [0.1, 0.15) is 0 Å². The standard InChI is InChI=1S/C21H29N3O/c1-22-13-10-16-14-17(8-9-19(16)22)21(25)23(2)15-18-6-5-12-24-11-4-3-7-20(18)24/h8-10,13-14,18,20H,3-7,11-12,15H2,1-2H3. The predicted molar refractivity (Wildman–Crippen MR) is 102 cm³/mol. The van der Waals surface area contributed by atoms with Crippen LogP contribution in [-0.4, -0.2) is 53.0 Å². The topological polar surface area (TPSA) is 28.5 Å². The smallest absolute Gasteiger partial charge is 0.253 e. The van der Waals surface area contributed by atoms with Crippen LogP contribution < -0.4 is 0 Å². The Morgan fingerprint density at radius 3 is 2.88 bits per heavy atom. The fourth-order valence-electron chi connectivity index (χ4n) is 4.86. The van der Waals surface area contributed by atoms with Crippen molar-refractivity contribution in [2.45, 2.75) is 38.1 Å². The minimum Gasteiger partial charge on any atom is -0.351 e. The van der Waals surface area contributed by atoms with E-state index in [1.54, 1.807) is 0 Å². The largest absolute Gasteiger partial charge is 0.351 e. The number of carbonyl (C=O) groups is 1. The molecule has 0 N–H and O–H groups in total. The maximum Gasteiger partial charge on any atom is 0.253 e. The van der Waals surface area contributed by atoms with E-state index in [9.17, 15) is 4.79 Å². The first kappa shape index (κ1) is 16.6. The lowest BCUT2D eigenvalue weighted by Crippen LogP contribution is -2.51. The predicted octanol–water partition coefficient (Wildman–Crippen LogP) is 3.51. The van der Waals surface area contributed by atoms with Gasteiger partial charge in [-0.15, -0.1) is 0 Å². The zero-order chi connectivity index (χ0) is 17.4. The Labute approximate surface area is 150 Å². The van der Waals surface area contributed by atoms with Crippen LogP contribution in [0.1, 0.15) is 42.5 Å². The zero-order valence-corrected chi connectivity index (χ0v) is 15.4. The number of hydrogen-bond donors (Lipinski definition) is 0. The number of hydrogen-bond acceptors (Lipinski definition) is 2. The van der Waals surface area contributed by atoms with Gasteiger partial charge in [-0.25, -0.2) is 0 Å². The van der Waals surface area contributed by atoms with Crippen molar-refractivity contribution in [2.75, 3.05) is 26.7 Å². The third kappa shape index (κ3) is 3.20. The normalized spacial score (nSPS) is 24.2. The first-order valence-corrected chi connectivity index (χ1v) is 9.68. The highest BCUT2D eigenvalue weighted by atomic mass is 16.2. The molecule has 2 unspecified atom stereocenters. The molecule has 4 nitrogen and oxygen atoms in total. The highest BCUT2D eigenvalue weighted by Crippen LogP contribution is 2.31. The van der Waals surface area contributed by atoms with Gasteiger partial charge in [-0.05, 0) is 69.0 Å². The minimum atomic E-state index is 0.152. The number of rotatable bonds is 3.